The summed E-state index contributed by atoms with van der Waals surface area (Å²) in [6.07, 6.45) is -6.66. The van der Waals surface area contributed by atoms with Gasteiger partial charge in [0, 0.05) is 10.6 Å². The maximum Gasteiger partial charge on any atom is 0.430 e. The summed E-state index contributed by atoms with van der Waals surface area (Å²) in [6.45, 7) is 3.30. The molecule has 13 heteroatoms. The molecule has 1 aliphatic heterocycles. The van der Waals surface area contributed by atoms with Gasteiger partial charge in [0.1, 0.15) is 5.75 Å². The molecule has 0 fully saturated rings. The highest BCUT2D eigenvalue weighted by atomic mass is 35.5. The smallest absolute Gasteiger partial charge is 0.430 e. The summed E-state index contributed by atoms with van der Waals surface area (Å²) in [7, 11) is 0. The summed E-state index contributed by atoms with van der Waals surface area (Å²) in [4.78, 5) is 37.1. The second kappa shape index (κ2) is 9.00. The lowest BCUT2D eigenvalue weighted by Gasteiger charge is -2.30. The molecule has 1 aromatic rings. The molecule has 1 aliphatic rings. The van der Waals surface area contributed by atoms with Gasteiger partial charge < -0.3 is 19.0 Å². The van der Waals surface area contributed by atoms with Crippen LogP contribution in [0.15, 0.2) is 17.7 Å². The number of carbonyl (C=O) groups is 2. The lowest BCUT2D eigenvalue weighted by molar-refractivity contribution is -0.754. The third kappa shape index (κ3) is 6.23. The van der Waals surface area contributed by atoms with Crippen LogP contribution in [0.1, 0.15) is 31.9 Å². The Hall–Kier alpha value is -3.02. The van der Waals surface area contributed by atoms with Crippen molar-refractivity contribution in [1.29, 1.82) is 0 Å². The lowest BCUT2D eigenvalue weighted by Crippen LogP contribution is -2.41. The number of ether oxygens (including phenoxy) is 3. The first-order valence-corrected chi connectivity index (χ1v) is 8.97. The predicted octanol–water partition coefficient (Wildman–Crippen LogP) is 3.60. The fraction of sp³-hybridized carbons (Fsp3) is 0.444. The van der Waals surface area contributed by atoms with Gasteiger partial charge >= 0.3 is 18.1 Å². The SMILES string of the molecule is CC(C)(C)c1cc2c(cc1Cl)C=C(C(=O)OCOC(=O)CO[N+](=O)[O-])[C@@H](C(F)(F)F)O2. The fourth-order valence-corrected chi connectivity index (χ4v) is 3.04. The Labute approximate surface area is 178 Å². The molecule has 0 saturated heterocycles. The monoisotopic (exact) mass is 467 g/mol. The lowest BCUT2D eigenvalue weighted by atomic mass is 9.85. The molecule has 0 unspecified atom stereocenters. The van der Waals surface area contributed by atoms with E-state index in [9.17, 15) is 32.9 Å². The van der Waals surface area contributed by atoms with E-state index in [4.69, 9.17) is 16.3 Å². The minimum absolute atomic E-state index is 0.114. The Morgan fingerprint density at radius 3 is 2.42 bits per heavy atom. The van der Waals surface area contributed by atoms with E-state index in [-0.39, 0.29) is 16.3 Å². The zero-order chi connectivity index (χ0) is 23.6. The maximum atomic E-state index is 13.5. The molecular weight excluding hydrogens is 451 g/mol. The van der Waals surface area contributed by atoms with Crippen molar-refractivity contribution < 1.29 is 46.9 Å². The average Bonchev–Trinajstić information content (AvgIpc) is 2.63. The number of nitrogens with zero attached hydrogens (tertiary/aromatic N) is 1. The minimum atomic E-state index is -4.96. The molecule has 9 nitrogen and oxygen atoms in total. The van der Waals surface area contributed by atoms with Crippen LogP contribution in [0, 0.1) is 10.1 Å². The van der Waals surface area contributed by atoms with Gasteiger partial charge in [0.05, 0.1) is 5.57 Å². The summed E-state index contributed by atoms with van der Waals surface area (Å²) in [5, 5.41) is 8.99. The van der Waals surface area contributed by atoms with Crippen molar-refractivity contribution in [2.24, 2.45) is 0 Å². The van der Waals surface area contributed by atoms with Crippen molar-refractivity contribution in [2.75, 3.05) is 13.4 Å². The van der Waals surface area contributed by atoms with Crippen LogP contribution in [0.4, 0.5) is 13.2 Å². The summed E-state index contributed by atoms with van der Waals surface area (Å²) >= 11 is 6.23. The topological polar surface area (TPSA) is 114 Å². The van der Waals surface area contributed by atoms with Gasteiger partial charge in [-0.2, -0.15) is 13.2 Å². The molecule has 0 spiro atoms. The van der Waals surface area contributed by atoms with Crippen LogP contribution in [-0.2, 0) is 29.3 Å². The van der Waals surface area contributed by atoms with Gasteiger partial charge in [-0.1, -0.05) is 32.4 Å². The first-order chi connectivity index (χ1) is 14.2. The highest BCUT2D eigenvalue weighted by molar-refractivity contribution is 6.31. The van der Waals surface area contributed by atoms with Crippen LogP contribution in [-0.4, -0.2) is 42.7 Å². The number of benzene rings is 1. The summed E-state index contributed by atoms with van der Waals surface area (Å²) in [5.41, 5.74) is -0.689. The van der Waals surface area contributed by atoms with Crippen molar-refractivity contribution in [1.82, 2.24) is 0 Å². The van der Waals surface area contributed by atoms with Gasteiger partial charge in [0.15, 0.2) is 6.61 Å². The molecule has 0 bridgehead atoms. The van der Waals surface area contributed by atoms with Crippen molar-refractivity contribution in [3.05, 3.63) is 44.0 Å². The average molecular weight is 468 g/mol. The molecular formula is C18H17ClF3NO8. The molecule has 1 atom stereocenters. The van der Waals surface area contributed by atoms with Crippen molar-refractivity contribution in [3.63, 3.8) is 0 Å². The van der Waals surface area contributed by atoms with Crippen molar-refractivity contribution in [2.45, 2.75) is 38.5 Å². The maximum absolute atomic E-state index is 13.5. The van der Waals surface area contributed by atoms with Gasteiger partial charge in [0.25, 0.3) is 5.09 Å². The number of hydrogen-bond donors (Lipinski definition) is 0. The van der Waals surface area contributed by atoms with E-state index >= 15 is 0 Å². The largest absolute Gasteiger partial charge is 0.475 e. The number of fused-ring (bicyclic) bond motifs is 1. The molecule has 0 saturated carbocycles. The van der Waals surface area contributed by atoms with Crippen LogP contribution >= 0.6 is 11.6 Å². The van der Waals surface area contributed by atoms with Crippen LogP contribution in [0.3, 0.4) is 0 Å². The van der Waals surface area contributed by atoms with Gasteiger partial charge in [-0.05, 0) is 29.2 Å². The summed E-state index contributed by atoms with van der Waals surface area (Å²) < 4.78 is 54.5. The molecule has 1 aromatic carbocycles. The van der Waals surface area contributed by atoms with Crippen molar-refractivity contribution >= 4 is 29.6 Å². The highest BCUT2D eigenvalue weighted by Crippen LogP contribution is 2.42. The Bertz CT molecular complexity index is 924. The Morgan fingerprint density at radius 1 is 1.23 bits per heavy atom. The van der Waals surface area contributed by atoms with E-state index in [0.717, 1.165) is 6.08 Å². The quantitative estimate of drug-likeness (QED) is 0.270. The Morgan fingerprint density at radius 2 is 1.87 bits per heavy atom. The fourth-order valence-electron chi connectivity index (χ4n) is 2.58. The molecule has 0 N–H and O–H groups in total. The van der Waals surface area contributed by atoms with Gasteiger partial charge in [-0.15, -0.1) is 10.1 Å². The molecule has 0 radical (unpaired) electrons. The normalized spacial score (nSPS) is 15.8. The third-order valence-corrected chi connectivity index (χ3v) is 4.29. The van der Waals surface area contributed by atoms with E-state index < -0.39 is 53.7 Å². The van der Waals surface area contributed by atoms with Crippen LogP contribution in [0.5, 0.6) is 5.75 Å². The summed E-state index contributed by atoms with van der Waals surface area (Å²) in [5.74, 6) is -2.85. The Balaban J connectivity index is 2.24. The van der Waals surface area contributed by atoms with Gasteiger partial charge in [0.2, 0.25) is 12.9 Å². The number of alkyl halides is 3. The van der Waals surface area contributed by atoms with E-state index in [1.807, 2.05) is 20.8 Å². The third-order valence-electron chi connectivity index (χ3n) is 3.98. The predicted molar refractivity (Wildman–Crippen MR) is 98.6 cm³/mol. The molecule has 0 amide bonds. The second-order valence-electron chi connectivity index (χ2n) is 7.32. The van der Waals surface area contributed by atoms with E-state index in [0.29, 0.717) is 5.56 Å². The molecule has 0 aliphatic carbocycles. The molecule has 1 heterocycles. The van der Waals surface area contributed by atoms with Crippen molar-refractivity contribution in [3.8, 4) is 5.75 Å². The molecule has 31 heavy (non-hydrogen) atoms. The van der Waals surface area contributed by atoms with Gasteiger partial charge in [-0.25, -0.2) is 9.59 Å². The van der Waals surface area contributed by atoms with Crippen LogP contribution in [0.2, 0.25) is 5.02 Å². The number of rotatable bonds is 6. The number of carbonyl (C=O) groups excluding carboxylic acids is 2. The molecule has 170 valence electrons. The zero-order valence-electron chi connectivity index (χ0n) is 16.4. The minimum Gasteiger partial charge on any atom is -0.475 e. The number of hydrogen-bond acceptors (Lipinski definition) is 8. The Kier molecular flexibility index (Phi) is 7.04. The number of halogens is 4. The van der Waals surface area contributed by atoms with E-state index in [1.54, 1.807) is 0 Å². The van der Waals surface area contributed by atoms with E-state index in [2.05, 4.69) is 14.3 Å². The number of esters is 2. The first kappa shape index (κ1) is 24.3. The molecule has 2 rings (SSSR count). The zero-order valence-corrected chi connectivity index (χ0v) is 17.2. The summed E-state index contributed by atoms with van der Waals surface area (Å²) in [6, 6.07) is 2.75. The van der Waals surface area contributed by atoms with E-state index in [1.165, 1.54) is 12.1 Å². The van der Waals surface area contributed by atoms with Crippen LogP contribution < -0.4 is 4.74 Å². The first-order valence-electron chi connectivity index (χ1n) is 8.59. The van der Waals surface area contributed by atoms with Crippen LogP contribution in [0.25, 0.3) is 6.08 Å². The van der Waals surface area contributed by atoms with Gasteiger partial charge in [-0.3, -0.25) is 0 Å². The highest BCUT2D eigenvalue weighted by Gasteiger charge is 2.49. The standard InChI is InChI=1S/C18H17ClF3NO8/c1-17(2,3)11-6-13-9(5-12(11)19)4-10(15(31-13)18(20,21)22)16(25)29-8-28-14(24)7-30-23(26)27/h4-6,15H,7-8H2,1-3H3/t15-/m0/s1. The molecule has 0 aromatic heterocycles. The second-order valence-corrected chi connectivity index (χ2v) is 7.73.